The number of fused-ring (bicyclic) bond motifs is 5. The molecule has 1 aromatic carbocycles. The van der Waals surface area contributed by atoms with Crippen LogP contribution in [0, 0.1) is 22.0 Å². The van der Waals surface area contributed by atoms with Gasteiger partial charge in [0.05, 0.1) is 28.6 Å². The van der Waals surface area contributed by atoms with Crippen LogP contribution in [0.15, 0.2) is 36.4 Å². The average molecular weight is 416 g/mol. The molecule has 156 valence electrons. The Balaban J connectivity index is 1.71. The minimum atomic E-state index is -1.64. The van der Waals surface area contributed by atoms with E-state index < -0.39 is 58.5 Å². The van der Waals surface area contributed by atoms with Gasteiger partial charge in [0.15, 0.2) is 5.60 Å². The Morgan fingerprint density at radius 2 is 1.73 bits per heavy atom. The van der Waals surface area contributed by atoms with Crippen LogP contribution in [0.25, 0.3) is 0 Å². The third-order valence-corrected chi connectivity index (χ3v) is 5.31. The molecule has 0 aromatic heterocycles. The molecule has 11 nitrogen and oxygen atoms in total. The quantitative estimate of drug-likeness (QED) is 0.170. The van der Waals surface area contributed by atoms with Crippen molar-refractivity contribution in [1.29, 1.82) is 0 Å². The third-order valence-electron chi connectivity index (χ3n) is 5.31. The highest BCUT2D eigenvalue weighted by molar-refractivity contribution is 6.23. The molecule has 0 unspecified atom stereocenters. The van der Waals surface area contributed by atoms with E-state index in [1.54, 1.807) is 6.08 Å². The maximum Gasteiger partial charge on any atom is 0.305 e. The summed E-state index contributed by atoms with van der Waals surface area (Å²) in [6.07, 6.45) is 0.700. The summed E-state index contributed by atoms with van der Waals surface area (Å²) in [5.74, 6) is -4.73. The van der Waals surface area contributed by atoms with Gasteiger partial charge in [0.25, 0.3) is 12.0 Å². The highest BCUT2D eigenvalue weighted by Crippen LogP contribution is 2.54. The van der Waals surface area contributed by atoms with Gasteiger partial charge < -0.3 is 14.2 Å². The molecule has 2 amide bonds. The van der Waals surface area contributed by atoms with Gasteiger partial charge in [-0.05, 0) is 18.2 Å². The maximum absolute atomic E-state index is 13.3. The van der Waals surface area contributed by atoms with Crippen LogP contribution in [0.4, 0.5) is 11.4 Å². The highest BCUT2D eigenvalue weighted by atomic mass is 16.7. The van der Waals surface area contributed by atoms with Crippen LogP contribution in [0.2, 0.25) is 0 Å². The fourth-order valence-corrected chi connectivity index (χ4v) is 4.19. The molecule has 3 heterocycles. The fourth-order valence-electron chi connectivity index (χ4n) is 4.19. The van der Waals surface area contributed by atoms with Gasteiger partial charge in [0.1, 0.15) is 0 Å². The van der Waals surface area contributed by atoms with Crippen molar-refractivity contribution in [2.75, 3.05) is 4.90 Å². The van der Waals surface area contributed by atoms with Gasteiger partial charge in [-0.1, -0.05) is 6.08 Å². The molecule has 2 saturated heterocycles. The number of amides is 2. The summed E-state index contributed by atoms with van der Waals surface area (Å²) in [6.45, 7) is 2.22. The van der Waals surface area contributed by atoms with E-state index in [0.29, 0.717) is 0 Å². The standard InChI is InChI=1S/C19H16N2O9/c1-9(22)28-18(29-10(2)23)19-8-7-13(30-19)14-15(19)17(25)20(16(14)24)11-3-5-12(6-4-11)21(26)27/h3-8,13-15,18H,1-2H3/t13-,14-,15-,19+/m1/s1. The highest BCUT2D eigenvalue weighted by Gasteiger charge is 2.72. The van der Waals surface area contributed by atoms with Crippen molar-refractivity contribution in [1.82, 2.24) is 0 Å². The fraction of sp³-hybridized carbons (Fsp3) is 0.368. The van der Waals surface area contributed by atoms with E-state index in [0.717, 1.165) is 18.7 Å². The second-order valence-corrected chi connectivity index (χ2v) is 7.13. The predicted octanol–water partition coefficient (Wildman–Crippen LogP) is 0.860. The first kappa shape index (κ1) is 19.7. The molecule has 0 N–H and O–H groups in total. The zero-order chi connectivity index (χ0) is 21.8. The molecule has 3 aliphatic heterocycles. The van der Waals surface area contributed by atoms with Crippen molar-refractivity contribution in [2.45, 2.75) is 31.8 Å². The Bertz CT molecular complexity index is 986. The number of nitrogens with zero attached hydrogens (tertiary/aromatic N) is 2. The molecule has 30 heavy (non-hydrogen) atoms. The van der Waals surface area contributed by atoms with E-state index in [2.05, 4.69) is 0 Å². The lowest BCUT2D eigenvalue weighted by molar-refractivity contribution is -0.384. The summed E-state index contributed by atoms with van der Waals surface area (Å²) in [5.41, 5.74) is -1.67. The molecule has 0 spiro atoms. The van der Waals surface area contributed by atoms with E-state index in [-0.39, 0.29) is 11.4 Å². The van der Waals surface area contributed by atoms with Gasteiger partial charge in [-0.3, -0.25) is 29.3 Å². The molecule has 3 aliphatic rings. The number of carbonyl (C=O) groups is 4. The smallest absolute Gasteiger partial charge is 0.305 e. The number of benzene rings is 1. The summed E-state index contributed by atoms with van der Waals surface area (Å²) in [7, 11) is 0. The number of anilines is 1. The number of ether oxygens (including phenoxy) is 3. The normalized spacial score (nSPS) is 28.8. The van der Waals surface area contributed by atoms with Gasteiger partial charge in [-0.2, -0.15) is 0 Å². The van der Waals surface area contributed by atoms with E-state index >= 15 is 0 Å². The average Bonchev–Trinajstić information content (AvgIpc) is 3.32. The van der Waals surface area contributed by atoms with Crippen LogP contribution < -0.4 is 4.90 Å². The zero-order valence-corrected chi connectivity index (χ0v) is 15.8. The Labute approximate surface area is 169 Å². The Kier molecular flexibility index (Phi) is 4.42. The molecule has 4 atom stereocenters. The number of hydrogen-bond acceptors (Lipinski definition) is 9. The van der Waals surface area contributed by atoms with Gasteiger partial charge >= 0.3 is 11.9 Å². The summed E-state index contributed by atoms with van der Waals surface area (Å²) >= 11 is 0. The largest absolute Gasteiger partial charge is 0.422 e. The van der Waals surface area contributed by atoms with Crippen molar-refractivity contribution in [3.63, 3.8) is 0 Å². The molecule has 0 saturated carbocycles. The number of imide groups is 1. The van der Waals surface area contributed by atoms with Crippen molar-refractivity contribution < 1.29 is 38.3 Å². The molecule has 2 bridgehead atoms. The van der Waals surface area contributed by atoms with Gasteiger partial charge in [0, 0.05) is 26.0 Å². The van der Waals surface area contributed by atoms with Gasteiger partial charge in [-0.15, -0.1) is 0 Å². The predicted molar refractivity (Wildman–Crippen MR) is 96.6 cm³/mol. The number of nitro groups is 1. The van der Waals surface area contributed by atoms with Crippen molar-refractivity contribution in [2.24, 2.45) is 11.8 Å². The summed E-state index contributed by atoms with van der Waals surface area (Å²) in [4.78, 5) is 60.6. The number of esters is 2. The molecule has 1 aromatic rings. The number of carbonyl (C=O) groups excluding carboxylic acids is 4. The Hall–Kier alpha value is -3.60. The first-order chi connectivity index (χ1) is 14.2. The summed E-state index contributed by atoms with van der Waals surface area (Å²) in [5, 5.41) is 10.9. The van der Waals surface area contributed by atoms with Crippen molar-refractivity contribution >= 4 is 35.1 Å². The first-order valence-corrected chi connectivity index (χ1v) is 8.99. The Morgan fingerprint density at radius 1 is 1.13 bits per heavy atom. The van der Waals surface area contributed by atoms with Crippen molar-refractivity contribution in [3.8, 4) is 0 Å². The van der Waals surface area contributed by atoms with Crippen LogP contribution in [0.5, 0.6) is 0 Å². The maximum atomic E-state index is 13.3. The lowest BCUT2D eigenvalue weighted by Crippen LogP contribution is -2.52. The van der Waals surface area contributed by atoms with Crippen LogP contribution in [-0.4, -0.2) is 46.7 Å². The zero-order valence-electron chi connectivity index (χ0n) is 15.8. The minimum Gasteiger partial charge on any atom is -0.422 e. The van der Waals surface area contributed by atoms with Crippen LogP contribution in [-0.2, 0) is 33.4 Å². The molecular weight excluding hydrogens is 400 g/mol. The number of non-ortho nitro benzene ring substituents is 1. The topological polar surface area (TPSA) is 142 Å². The second kappa shape index (κ2) is 6.73. The number of hydrogen-bond donors (Lipinski definition) is 0. The molecular formula is C19H16N2O9. The first-order valence-electron chi connectivity index (χ1n) is 8.99. The van der Waals surface area contributed by atoms with Crippen molar-refractivity contribution in [3.05, 3.63) is 46.5 Å². The van der Waals surface area contributed by atoms with E-state index in [1.807, 2.05) is 0 Å². The number of rotatable bonds is 5. The third kappa shape index (κ3) is 2.77. The molecule has 4 rings (SSSR count). The molecule has 0 aliphatic carbocycles. The SMILES string of the molecule is CC(=O)OC(OC(C)=O)[C@@]12C=C[C@@H](O1)[C@H]1C(=O)N(c3ccc([N+](=O)[O-])cc3)C(=O)[C@@H]12. The van der Waals surface area contributed by atoms with E-state index in [1.165, 1.54) is 30.3 Å². The lowest BCUT2D eigenvalue weighted by Gasteiger charge is -2.34. The van der Waals surface area contributed by atoms with Crippen LogP contribution in [0.1, 0.15) is 13.8 Å². The molecule has 11 heteroatoms. The number of nitro benzene ring substituents is 1. The van der Waals surface area contributed by atoms with Gasteiger partial charge in [0.2, 0.25) is 11.8 Å². The molecule has 0 radical (unpaired) electrons. The van der Waals surface area contributed by atoms with Gasteiger partial charge in [-0.25, -0.2) is 4.90 Å². The Morgan fingerprint density at radius 3 is 2.27 bits per heavy atom. The summed E-state index contributed by atoms with van der Waals surface area (Å²) < 4.78 is 16.1. The second-order valence-electron chi connectivity index (χ2n) is 7.13. The van der Waals surface area contributed by atoms with E-state index in [4.69, 9.17) is 14.2 Å². The minimum absolute atomic E-state index is 0.163. The lowest BCUT2D eigenvalue weighted by atomic mass is 9.76. The monoisotopic (exact) mass is 416 g/mol. The van der Waals surface area contributed by atoms with E-state index in [9.17, 15) is 29.3 Å². The molecule has 2 fully saturated rings. The van der Waals surface area contributed by atoms with Crippen LogP contribution in [0.3, 0.4) is 0 Å². The summed E-state index contributed by atoms with van der Waals surface area (Å²) in [6, 6.07) is 4.97. The van der Waals surface area contributed by atoms with Crippen LogP contribution >= 0.6 is 0 Å².